The fraction of sp³-hybridized carbons (Fsp3) is 0.286. The molecule has 0 spiro atoms. The maximum atomic E-state index is 12.6. The van der Waals surface area contributed by atoms with Crippen molar-refractivity contribution in [2.45, 2.75) is 44.1 Å². The molecule has 5 nitrogen and oxygen atoms in total. The number of carboxylic acids is 1. The standard InChI is InChI=1S/C28H27NO4/c1-17-11-18(2)13-19(12-17)28(26(30)31)14-20(15-28)29-27(32)33-16-25-23-9-5-3-7-21(23)22-8-4-6-10-24(22)25/h3-13,20,25H,14-16H2,1-2H3,(H,29,32)(H,30,31). The fourth-order valence-electron chi connectivity index (χ4n) is 5.48. The summed E-state index contributed by atoms with van der Waals surface area (Å²) < 4.78 is 5.62. The van der Waals surface area contributed by atoms with Gasteiger partial charge >= 0.3 is 12.1 Å². The number of rotatable bonds is 5. The predicted octanol–water partition coefficient (Wildman–Crippen LogP) is 5.33. The number of fused-ring (bicyclic) bond motifs is 3. The van der Waals surface area contributed by atoms with Crippen LogP contribution in [0.3, 0.4) is 0 Å². The number of aliphatic carboxylic acids is 1. The number of hydrogen-bond donors (Lipinski definition) is 2. The van der Waals surface area contributed by atoms with Crippen LogP contribution in [0.4, 0.5) is 4.79 Å². The molecule has 0 heterocycles. The summed E-state index contributed by atoms with van der Waals surface area (Å²) >= 11 is 0. The van der Waals surface area contributed by atoms with Crippen molar-refractivity contribution in [3.05, 3.63) is 94.5 Å². The zero-order chi connectivity index (χ0) is 23.2. The van der Waals surface area contributed by atoms with E-state index in [1.165, 1.54) is 11.1 Å². The van der Waals surface area contributed by atoms with Crippen LogP contribution in [-0.4, -0.2) is 29.8 Å². The molecule has 168 valence electrons. The first kappa shape index (κ1) is 21.3. The number of amides is 1. The van der Waals surface area contributed by atoms with Gasteiger partial charge in [0.15, 0.2) is 0 Å². The van der Waals surface area contributed by atoms with Crippen LogP contribution in [0.5, 0.6) is 0 Å². The Kier molecular flexibility index (Phi) is 5.20. The van der Waals surface area contributed by atoms with Crippen molar-refractivity contribution in [3.63, 3.8) is 0 Å². The van der Waals surface area contributed by atoms with Crippen molar-refractivity contribution < 1.29 is 19.4 Å². The number of carbonyl (C=O) groups is 2. The van der Waals surface area contributed by atoms with E-state index in [-0.39, 0.29) is 18.6 Å². The van der Waals surface area contributed by atoms with Crippen molar-refractivity contribution in [3.8, 4) is 11.1 Å². The van der Waals surface area contributed by atoms with E-state index in [0.29, 0.717) is 12.8 Å². The van der Waals surface area contributed by atoms with Gasteiger partial charge < -0.3 is 15.2 Å². The van der Waals surface area contributed by atoms with E-state index in [9.17, 15) is 14.7 Å². The predicted molar refractivity (Wildman–Crippen MR) is 126 cm³/mol. The van der Waals surface area contributed by atoms with E-state index in [2.05, 4.69) is 29.6 Å². The minimum Gasteiger partial charge on any atom is -0.481 e. The van der Waals surface area contributed by atoms with Crippen LogP contribution in [0.15, 0.2) is 66.7 Å². The molecule has 0 radical (unpaired) electrons. The summed E-state index contributed by atoms with van der Waals surface area (Å²) in [5.74, 6) is -0.851. The first-order chi connectivity index (χ1) is 15.9. The highest BCUT2D eigenvalue weighted by Gasteiger charge is 2.52. The van der Waals surface area contributed by atoms with Crippen LogP contribution in [-0.2, 0) is 14.9 Å². The molecule has 2 aliphatic rings. The summed E-state index contributed by atoms with van der Waals surface area (Å²) in [7, 11) is 0. The van der Waals surface area contributed by atoms with Gasteiger partial charge in [0.2, 0.25) is 0 Å². The van der Waals surface area contributed by atoms with Crippen LogP contribution in [0, 0.1) is 13.8 Å². The summed E-state index contributed by atoms with van der Waals surface area (Å²) in [6, 6.07) is 22.1. The number of carbonyl (C=O) groups excluding carboxylic acids is 1. The quantitative estimate of drug-likeness (QED) is 0.561. The minimum atomic E-state index is -0.960. The number of alkyl carbamates (subject to hydrolysis) is 1. The topological polar surface area (TPSA) is 75.6 Å². The van der Waals surface area contributed by atoms with E-state index in [1.807, 2.05) is 56.3 Å². The molecule has 5 rings (SSSR count). The van der Waals surface area contributed by atoms with Crippen LogP contribution in [0.25, 0.3) is 11.1 Å². The zero-order valence-electron chi connectivity index (χ0n) is 18.8. The molecule has 33 heavy (non-hydrogen) atoms. The summed E-state index contributed by atoms with van der Waals surface area (Å²) in [6.45, 7) is 4.18. The highest BCUT2D eigenvalue weighted by Crippen LogP contribution is 2.46. The van der Waals surface area contributed by atoms with Gasteiger partial charge in [0.25, 0.3) is 0 Å². The maximum absolute atomic E-state index is 12.6. The third kappa shape index (κ3) is 3.67. The van der Waals surface area contributed by atoms with Gasteiger partial charge in [-0.15, -0.1) is 0 Å². The van der Waals surface area contributed by atoms with Crippen LogP contribution in [0.1, 0.15) is 46.6 Å². The van der Waals surface area contributed by atoms with Crippen LogP contribution < -0.4 is 5.32 Å². The molecule has 3 aromatic carbocycles. The average molecular weight is 442 g/mol. The third-order valence-electron chi connectivity index (χ3n) is 7.04. The van der Waals surface area contributed by atoms with Gasteiger partial charge in [-0.1, -0.05) is 77.9 Å². The van der Waals surface area contributed by atoms with Gasteiger partial charge in [-0.25, -0.2) is 4.79 Å². The lowest BCUT2D eigenvalue weighted by molar-refractivity contribution is -0.148. The highest BCUT2D eigenvalue weighted by atomic mass is 16.5. The Balaban J connectivity index is 1.24. The number of hydrogen-bond acceptors (Lipinski definition) is 3. The summed E-state index contributed by atoms with van der Waals surface area (Å²) in [4.78, 5) is 24.7. The Labute approximate surface area is 193 Å². The molecule has 1 fully saturated rings. The Morgan fingerprint density at radius 2 is 1.48 bits per heavy atom. The molecule has 0 aromatic heterocycles. The van der Waals surface area contributed by atoms with Crippen molar-refractivity contribution in [1.29, 1.82) is 0 Å². The number of ether oxygens (including phenoxy) is 1. The van der Waals surface area contributed by atoms with E-state index < -0.39 is 17.5 Å². The lowest BCUT2D eigenvalue weighted by Crippen LogP contribution is -2.57. The van der Waals surface area contributed by atoms with Gasteiger partial charge in [0.1, 0.15) is 6.61 Å². The first-order valence-electron chi connectivity index (χ1n) is 11.3. The van der Waals surface area contributed by atoms with E-state index in [0.717, 1.165) is 27.8 Å². The number of nitrogens with one attached hydrogen (secondary N) is 1. The highest BCUT2D eigenvalue weighted by molar-refractivity contribution is 5.84. The molecule has 1 amide bonds. The average Bonchev–Trinajstić information content (AvgIpc) is 3.07. The number of aryl methyl sites for hydroxylation is 2. The van der Waals surface area contributed by atoms with Gasteiger partial charge in [0, 0.05) is 12.0 Å². The molecular weight excluding hydrogens is 414 g/mol. The minimum absolute atomic E-state index is 0.00193. The maximum Gasteiger partial charge on any atom is 0.407 e. The molecule has 0 saturated heterocycles. The normalized spacial score (nSPS) is 21.0. The zero-order valence-corrected chi connectivity index (χ0v) is 18.8. The second-order valence-electron chi connectivity index (χ2n) is 9.34. The summed E-state index contributed by atoms with van der Waals surface area (Å²) in [6.07, 6.45) is 0.214. The van der Waals surface area contributed by atoms with Crippen molar-refractivity contribution in [2.75, 3.05) is 6.61 Å². The molecule has 5 heteroatoms. The Morgan fingerprint density at radius 1 is 0.939 bits per heavy atom. The molecule has 0 unspecified atom stereocenters. The van der Waals surface area contributed by atoms with Gasteiger partial charge in [0.05, 0.1) is 5.41 Å². The van der Waals surface area contributed by atoms with Gasteiger partial charge in [-0.2, -0.15) is 0 Å². The second kappa shape index (κ2) is 8.07. The lowest BCUT2D eigenvalue weighted by Gasteiger charge is -2.45. The van der Waals surface area contributed by atoms with Crippen LogP contribution >= 0.6 is 0 Å². The number of benzene rings is 3. The summed E-state index contributed by atoms with van der Waals surface area (Å²) in [5.41, 5.74) is 6.61. The van der Waals surface area contributed by atoms with E-state index in [1.54, 1.807) is 0 Å². The molecule has 0 atom stereocenters. The SMILES string of the molecule is Cc1cc(C)cc(C2(C(=O)O)CC(NC(=O)OCC3c4ccccc4-c4ccccc43)C2)c1. The van der Waals surface area contributed by atoms with Crippen molar-refractivity contribution >= 4 is 12.1 Å². The second-order valence-corrected chi connectivity index (χ2v) is 9.34. The molecule has 3 aromatic rings. The van der Waals surface area contributed by atoms with Gasteiger partial charge in [-0.05, 0) is 54.5 Å². The third-order valence-corrected chi connectivity index (χ3v) is 7.04. The molecular formula is C28H27NO4. The Bertz CT molecular complexity index is 1180. The molecule has 0 bridgehead atoms. The summed E-state index contributed by atoms with van der Waals surface area (Å²) in [5, 5.41) is 12.8. The van der Waals surface area contributed by atoms with E-state index in [4.69, 9.17) is 4.74 Å². The first-order valence-corrected chi connectivity index (χ1v) is 11.3. The number of carboxylic acid groups (broad SMARTS) is 1. The molecule has 0 aliphatic heterocycles. The molecule has 2 aliphatic carbocycles. The van der Waals surface area contributed by atoms with Crippen molar-refractivity contribution in [1.82, 2.24) is 5.32 Å². The van der Waals surface area contributed by atoms with E-state index >= 15 is 0 Å². The molecule has 2 N–H and O–H groups in total. The molecule has 1 saturated carbocycles. The monoisotopic (exact) mass is 441 g/mol. The Hall–Kier alpha value is -3.60. The smallest absolute Gasteiger partial charge is 0.407 e. The van der Waals surface area contributed by atoms with Crippen molar-refractivity contribution in [2.24, 2.45) is 0 Å². The lowest BCUT2D eigenvalue weighted by atomic mass is 9.61. The van der Waals surface area contributed by atoms with Crippen LogP contribution in [0.2, 0.25) is 0 Å². The van der Waals surface area contributed by atoms with Gasteiger partial charge in [-0.3, -0.25) is 4.79 Å². The Morgan fingerprint density at radius 3 is 2.03 bits per heavy atom. The fourth-order valence-corrected chi connectivity index (χ4v) is 5.48. The largest absolute Gasteiger partial charge is 0.481 e.